The number of hydrogen-bond acceptors (Lipinski definition) is 4. The Morgan fingerprint density at radius 1 is 1.23 bits per heavy atom. The van der Waals surface area contributed by atoms with E-state index in [9.17, 15) is 4.79 Å². The number of hydrogen-bond donors (Lipinski definition) is 0. The molecule has 30 heavy (non-hydrogen) atoms. The van der Waals surface area contributed by atoms with Crippen molar-refractivity contribution in [3.05, 3.63) is 54.0 Å². The topological polar surface area (TPSA) is 60.2 Å². The van der Waals surface area contributed by atoms with Crippen molar-refractivity contribution in [2.75, 3.05) is 19.7 Å². The van der Waals surface area contributed by atoms with Crippen molar-refractivity contribution in [1.29, 1.82) is 0 Å². The minimum absolute atomic E-state index is 0.195. The first kappa shape index (κ1) is 20.4. The highest BCUT2D eigenvalue weighted by Gasteiger charge is 2.28. The van der Waals surface area contributed by atoms with E-state index in [-0.39, 0.29) is 5.91 Å². The summed E-state index contributed by atoms with van der Waals surface area (Å²) in [5.41, 5.74) is 2.92. The third-order valence-corrected chi connectivity index (χ3v) is 5.74. The average Bonchev–Trinajstić information content (AvgIpc) is 3.34. The van der Waals surface area contributed by atoms with Crippen molar-refractivity contribution >= 4 is 17.1 Å². The van der Waals surface area contributed by atoms with Crippen LogP contribution < -0.4 is 4.74 Å². The van der Waals surface area contributed by atoms with Crippen molar-refractivity contribution < 1.29 is 9.53 Å². The molecular weight excluding hydrogens is 376 g/mol. The molecule has 3 heterocycles. The zero-order valence-electron chi connectivity index (χ0n) is 18.0. The number of fused-ring (bicyclic) bond motifs is 1. The third kappa shape index (κ3) is 4.32. The molecule has 1 amide bonds. The Morgan fingerprint density at radius 3 is 2.77 bits per heavy atom. The summed E-state index contributed by atoms with van der Waals surface area (Å²) in [5, 5.41) is 0. The SMILES string of the molecule is CCOc1ccc(CC(=O)N2CCC(Cc3nc4cccnc4n3C(C)C)C2)cc1. The van der Waals surface area contributed by atoms with E-state index < -0.39 is 0 Å². The molecule has 1 fully saturated rings. The molecule has 158 valence electrons. The summed E-state index contributed by atoms with van der Waals surface area (Å²) < 4.78 is 7.71. The molecule has 0 radical (unpaired) electrons. The Kier molecular flexibility index (Phi) is 6.02. The minimum Gasteiger partial charge on any atom is -0.494 e. The lowest BCUT2D eigenvalue weighted by atomic mass is 10.0. The molecule has 0 N–H and O–H groups in total. The molecule has 1 aliphatic heterocycles. The van der Waals surface area contributed by atoms with Crippen LogP contribution in [0.25, 0.3) is 11.2 Å². The van der Waals surface area contributed by atoms with Gasteiger partial charge in [-0.2, -0.15) is 0 Å². The van der Waals surface area contributed by atoms with Gasteiger partial charge >= 0.3 is 0 Å². The van der Waals surface area contributed by atoms with Gasteiger partial charge in [-0.3, -0.25) is 4.79 Å². The predicted molar refractivity (Wildman–Crippen MR) is 118 cm³/mol. The molecule has 2 aromatic heterocycles. The number of carbonyl (C=O) groups is 1. The van der Waals surface area contributed by atoms with Crippen LogP contribution in [-0.2, 0) is 17.6 Å². The number of aromatic nitrogens is 3. The number of amides is 1. The van der Waals surface area contributed by atoms with E-state index in [2.05, 4.69) is 23.4 Å². The van der Waals surface area contributed by atoms with Gasteiger partial charge in [-0.15, -0.1) is 0 Å². The lowest BCUT2D eigenvalue weighted by molar-refractivity contribution is -0.129. The number of pyridine rings is 1. The normalized spacial score (nSPS) is 16.5. The summed E-state index contributed by atoms with van der Waals surface area (Å²) in [5.74, 6) is 2.55. The Balaban J connectivity index is 1.39. The standard InChI is InChI=1S/C24H30N4O2/c1-4-30-20-9-7-18(8-10-20)15-23(29)27-13-11-19(16-27)14-22-26-21-6-5-12-25-24(21)28(22)17(2)3/h5-10,12,17,19H,4,11,13-16H2,1-3H3. The predicted octanol–water partition coefficient (Wildman–Crippen LogP) is 4.04. The Labute approximate surface area is 177 Å². The molecule has 3 aromatic rings. The van der Waals surface area contributed by atoms with Crippen molar-refractivity contribution in [3.63, 3.8) is 0 Å². The van der Waals surface area contributed by atoms with E-state index in [1.807, 2.05) is 54.4 Å². The van der Waals surface area contributed by atoms with E-state index in [0.717, 1.165) is 54.2 Å². The first-order chi connectivity index (χ1) is 14.5. The van der Waals surface area contributed by atoms with Crippen LogP contribution in [0.2, 0.25) is 0 Å². The molecule has 0 saturated carbocycles. The van der Waals surface area contributed by atoms with Crippen LogP contribution in [0.15, 0.2) is 42.6 Å². The molecule has 1 atom stereocenters. The first-order valence-corrected chi connectivity index (χ1v) is 10.9. The fourth-order valence-electron chi connectivity index (χ4n) is 4.30. The Bertz CT molecular complexity index is 1010. The number of benzene rings is 1. The molecule has 1 saturated heterocycles. The highest BCUT2D eigenvalue weighted by atomic mass is 16.5. The van der Waals surface area contributed by atoms with E-state index in [1.165, 1.54) is 0 Å². The number of carbonyl (C=O) groups excluding carboxylic acids is 1. The summed E-state index contributed by atoms with van der Waals surface area (Å²) in [4.78, 5) is 24.2. The number of rotatable bonds is 7. The van der Waals surface area contributed by atoms with Crippen molar-refractivity contribution in [2.45, 2.75) is 46.1 Å². The summed E-state index contributed by atoms with van der Waals surface area (Å²) in [6, 6.07) is 12.1. The van der Waals surface area contributed by atoms with Gasteiger partial charge in [0.1, 0.15) is 17.1 Å². The molecule has 0 bridgehead atoms. The molecule has 4 rings (SSSR count). The van der Waals surface area contributed by atoms with Crippen molar-refractivity contribution in [3.8, 4) is 5.75 Å². The van der Waals surface area contributed by atoms with Gasteiger partial charge in [-0.1, -0.05) is 12.1 Å². The van der Waals surface area contributed by atoms with Crippen LogP contribution in [-0.4, -0.2) is 45.0 Å². The highest BCUT2D eigenvalue weighted by Crippen LogP contribution is 2.26. The fourth-order valence-corrected chi connectivity index (χ4v) is 4.30. The van der Waals surface area contributed by atoms with Crippen LogP contribution in [0, 0.1) is 5.92 Å². The van der Waals surface area contributed by atoms with Crippen molar-refractivity contribution in [2.24, 2.45) is 5.92 Å². The summed E-state index contributed by atoms with van der Waals surface area (Å²) in [7, 11) is 0. The van der Waals surface area contributed by atoms with Gasteiger partial charge in [-0.05, 0) is 62.9 Å². The second kappa shape index (κ2) is 8.86. The summed E-state index contributed by atoms with van der Waals surface area (Å²) >= 11 is 0. The molecule has 6 heteroatoms. The first-order valence-electron chi connectivity index (χ1n) is 10.9. The van der Waals surface area contributed by atoms with Gasteiger partial charge in [-0.25, -0.2) is 9.97 Å². The fraction of sp³-hybridized carbons (Fsp3) is 0.458. The molecular formula is C24H30N4O2. The van der Waals surface area contributed by atoms with Crippen molar-refractivity contribution in [1.82, 2.24) is 19.4 Å². The van der Waals surface area contributed by atoms with Crippen LogP contribution in [0.1, 0.15) is 44.6 Å². The van der Waals surface area contributed by atoms with E-state index in [1.54, 1.807) is 0 Å². The smallest absolute Gasteiger partial charge is 0.226 e. The second-order valence-electron chi connectivity index (χ2n) is 8.29. The molecule has 0 spiro atoms. The van der Waals surface area contributed by atoms with E-state index in [4.69, 9.17) is 9.72 Å². The third-order valence-electron chi connectivity index (χ3n) is 5.74. The minimum atomic E-state index is 0.195. The van der Waals surface area contributed by atoms with Crippen LogP contribution >= 0.6 is 0 Å². The maximum Gasteiger partial charge on any atom is 0.226 e. The van der Waals surface area contributed by atoms with Crippen LogP contribution in [0.4, 0.5) is 0 Å². The number of ether oxygens (including phenoxy) is 1. The summed E-state index contributed by atoms with van der Waals surface area (Å²) in [6.45, 7) is 8.56. The Morgan fingerprint density at radius 2 is 2.03 bits per heavy atom. The number of imidazole rings is 1. The van der Waals surface area contributed by atoms with Crippen LogP contribution in [0.5, 0.6) is 5.75 Å². The second-order valence-corrected chi connectivity index (χ2v) is 8.29. The number of likely N-dealkylation sites (tertiary alicyclic amines) is 1. The lowest BCUT2D eigenvalue weighted by Crippen LogP contribution is -2.30. The van der Waals surface area contributed by atoms with Gasteiger partial charge in [0.25, 0.3) is 0 Å². The van der Waals surface area contributed by atoms with Crippen LogP contribution in [0.3, 0.4) is 0 Å². The molecule has 1 aliphatic rings. The largest absolute Gasteiger partial charge is 0.494 e. The molecule has 0 aliphatic carbocycles. The molecule has 1 aromatic carbocycles. The Hall–Kier alpha value is -2.89. The van der Waals surface area contributed by atoms with Gasteiger partial charge in [0, 0.05) is 31.7 Å². The maximum absolute atomic E-state index is 12.8. The molecule has 1 unspecified atom stereocenters. The van der Waals surface area contributed by atoms with Gasteiger partial charge in [0.05, 0.1) is 13.0 Å². The highest BCUT2D eigenvalue weighted by molar-refractivity contribution is 5.79. The number of nitrogens with zero attached hydrogens (tertiary/aromatic N) is 4. The van der Waals surface area contributed by atoms with Gasteiger partial charge in [0.15, 0.2) is 5.65 Å². The lowest BCUT2D eigenvalue weighted by Gasteiger charge is -2.18. The zero-order chi connectivity index (χ0) is 21.1. The quantitative estimate of drug-likeness (QED) is 0.594. The van der Waals surface area contributed by atoms with Gasteiger partial charge in [0.2, 0.25) is 5.91 Å². The zero-order valence-corrected chi connectivity index (χ0v) is 18.0. The monoisotopic (exact) mass is 406 g/mol. The van der Waals surface area contributed by atoms with E-state index >= 15 is 0 Å². The van der Waals surface area contributed by atoms with E-state index in [0.29, 0.717) is 25.0 Å². The average molecular weight is 407 g/mol. The molecule has 6 nitrogen and oxygen atoms in total. The maximum atomic E-state index is 12.8. The van der Waals surface area contributed by atoms with Gasteiger partial charge < -0.3 is 14.2 Å². The summed E-state index contributed by atoms with van der Waals surface area (Å²) in [6.07, 6.45) is 4.15.